The van der Waals surface area contributed by atoms with Crippen LogP contribution in [-0.4, -0.2) is 39.6 Å². The van der Waals surface area contributed by atoms with Crippen LogP contribution in [0.4, 0.5) is 13.2 Å². The minimum absolute atomic E-state index is 0.00703. The summed E-state index contributed by atoms with van der Waals surface area (Å²) in [6.45, 7) is 0.0122. The van der Waals surface area contributed by atoms with E-state index in [-0.39, 0.29) is 30.6 Å². The maximum Gasteiger partial charge on any atom is 0.433 e. The molecule has 5 N–H and O–H groups in total. The van der Waals surface area contributed by atoms with Gasteiger partial charge in [0.05, 0.1) is 13.0 Å². The molecule has 1 heterocycles. The third-order valence-corrected chi connectivity index (χ3v) is 4.46. The van der Waals surface area contributed by atoms with Crippen molar-refractivity contribution in [1.82, 2.24) is 9.88 Å². The highest BCUT2D eigenvalue weighted by Crippen LogP contribution is 2.28. The molecule has 0 bridgehead atoms. The third kappa shape index (κ3) is 5.72. The van der Waals surface area contributed by atoms with Gasteiger partial charge in [0.2, 0.25) is 5.91 Å². The average Bonchev–Trinajstić information content (AvgIpc) is 2.57. The summed E-state index contributed by atoms with van der Waals surface area (Å²) in [5.74, 6) is -0.289. The van der Waals surface area contributed by atoms with Crippen LogP contribution in [0.5, 0.6) is 0 Å². The zero-order chi connectivity index (χ0) is 20.0. The second-order valence-corrected chi connectivity index (χ2v) is 6.42. The summed E-state index contributed by atoms with van der Waals surface area (Å²) in [5.41, 5.74) is 10.5. The molecule has 1 fully saturated rings. The first-order valence-corrected chi connectivity index (χ1v) is 8.56. The third-order valence-electron chi connectivity index (χ3n) is 4.46. The first-order chi connectivity index (χ1) is 12.7. The monoisotopic (exact) mass is 384 g/mol. The van der Waals surface area contributed by atoms with Gasteiger partial charge in [-0.25, -0.2) is 0 Å². The number of alkyl halides is 3. The van der Waals surface area contributed by atoms with Gasteiger partial charge in [0, 0.05) is 17.9 Å². The van der Waals surface area contributed by atoms with Crippen LogP contribution in [0.25, 0.3) is 0 Å². The highest BCUT2D eigenvalue weighted by Gasteiger charge is 2.33. The summed E-state index contributed by atoms with van der Waals surface area (Å²) >= 11 is 0. The van der Waals surface area contributed by atoms with Crippen molar-refractivity contribution in [1.29, 1.82) is 0 Å². The van der Waals surface area contributed by atoms with E-state index in [1.807, 2.05) is 0 Å². The van der Waals surface area contributed by atoms with Gasteiger partial charge >= 0.3 is 6.18 Å². The van der Waals surface area contributed by atoms with Crippen LogP contribution in [0.15, 0.2) is 42.4 Å². The van der Waals surface area contributed by atoms with Gasteiger partial charge in [-0.2, -0.15) is 13.2 Å². The molecule has 1 aromatic rings. The zero-order valence-corrected chi connectivity index (χ0v) is 14.7. The van der Waals surface area contributed by atoms with E-state index in [4.69, 9.17) is 11.5 Å². The van der Waals surface area contributed by atoms with E-state index < -0.39 is 18.0 Å². The van der Waals surface area contributed by atoms with Gasteiger partial charge < -0.3 is 21.5 Å². The quantitative estimate of drug-likeness (QED) is 0.621. The summed E-state index contributed by atoms with van der Waals surface area (Å²) in [5, 5.41) is 10.2. The second-order valence-electron chi connectivity index (χ2n) is 6.42. The number of halogens is 3. The molecule has 27 heavy (non-hydrogen) atoms. The van der Waals surface area contributed by atoms with Gasteiger partial charge in [-0.05, 0) is 49.2 Å². The van der Waals surface area contributed by atoms with Crippen molar-refractivity contribution >= 4 is 5.91 Å². The molecule has 2 rings (SSSR count). The predicted molar refractivity (Wildman–Crippen MR) is 93.9 cm³/mol. The van der Waals surface area contributed by atoms with E-state index in [0.717, 1.165) is 31.5 Å². The zero-order valence-electron chi connectivity index (χ0n) is 14.7. The molecule has 0 radical (unpaired) electrons. The van der Waals surface area contributed by atoms with Crippen molar-refractivity contribution in [2.75, 3.05) is 6.54 Å². The maximum atomic E-state index is 12.7. The molecule has 0 spiro atoms. The van der Waals surface area contributed by atoms with Gasteiger partial charge in [-0.3, -0.25) is 9.78 Å². The lowest BCUT2D eigenvalue weighted by Gasteiger charge is -2.38. The molecule has 148 valence electrons. The molecule has 0 saturated heterocycles. The standard InChI is InChI=1S/C18H23F3N4O2/c19-18(20,21)16-7-6-12(10-24-16)9-17(27)25(13-3-1-4-13)11-15(26)14(23)5-2-8-22/h2,5-8,10,13,15,26H,1,3-4,9,11,22-23H2/b8-2-,14-5-. The molecule has 1 atom stereocenters. The number of aliphatic hydroxyl groups is 1. The average molecular weight is 384 g/mol. The lowest BCUT2D eigenvalue weighted by molar-refractivity contribution is -0.141. The number of aliphatic hydroxyl groups excluding tert-OH is 1. The Morgan fingerprint density at radius 3 is 2.59 bits per heavy atom. The number of allylic oxidation sites excluding steroid dienone is 2. The predicted octanol–water partition coefficient (Wildman–Crippen LogP) is 1.70. The summed E-state index contributed by atoms with van der Waals surface area (Å²) in [6.07, 6.45) is 2.18. The van der Waals surface area contributed by atoms with Crippen molar-refractivity contribution in [3.63, 3.8) is 0 Å². The van der Waals surface area contributed by atoms with Crippen LogP contribution in [0.3, 0.4) is 0 Å². The van der Waals surface area contributed by atoms with E-state index in [1.54, 1.807) is 4.90 Å². The minimum atomic E-state index is -4.52. The molecule has 9 heteroatoms. The molecule has 1 aliphatic rings. The fourth-order valence-electron chi connectivity index (χ4n) is 2.70. The van der Waals surface area contributed by atoms with Crippen LogP contribution in [0.1, 0.15) is 30.5 Å². The Morgan fingerprint density at radius 2 is 2.11 bits per heavy atom. The molecular weight excluding hydrogens is 361 g/mol. The fourth-order valence-corrected chi connectivity index (χ4v) is 2.70. The molecule has 1 unspecified atom stereocenters. The van der Waals surface area contributed by atoms with Crippen molar-refractivity contribution in [2.24, 2.45) is 11.5 Å². The van der Waals surface area contributed by atoms with Crippen molar-refractivity contribution < 1.29 is 23.1 Å². The Labute approximate surface area is 155 Å². The van der Waals surface area contributed by atoms with Crippen LogP contribution in [0, 0.1) is 0 Å². The van der Waals surface area contributed by atoms with E-state index >= 15 is 0 Å². The Balaban J connectivity index is 2.06. The first kappa shape index (κ1) is 20.8. The number of rotatable bonds is 7. The smallest absolute Gasteiger partial charge is 0.405 e. The largest absolute Gasteiger partial charge is 0.433 e. The Bertz CT molecular complexity index is 698. The number of pyridine rings is 1. The van der Waals surface area contributed by atoms with Gasteiger partial charge in [-0.15, -0.1) is 0 Å². The summed E-state index contributed by atoms with van der Waals surface area (Å²) in [6, 6.07) is 2.08. The number of aromatic nitrogens is 1. The van der Waals surface area contributed by atoms with Crippen LogP contribution in [-0.2, 0) is 17.4 Å². The number of carbonyl (C=O) groups excluding carboxylic acids is 1. The molecule has 1 saturated carbocycles. The summed E-state index contributed by atoms with van der Waals surface area (Å²) in [4.78, 5) is 17.6. The normalized spacial score (nSPS) is 17.0. The maximum absolute atomic E-state index is 12.7. The Kier molecular flexibility index (Phi) is 6.84. The lowest BCUT2D eigenvalue weighted by atomic mass is 9.90. The number of nitrogens with zero attached hydrogens (tertiary/aromatic N) is 2. The first-order valence-electron chi connectivity index (χ1n) is 8.56. The van der Waals surface area contributed by atoms with Gasteiger partial charge in [0.1, 0.15) is 11.8 Å². The number of hydrogen-bond acceptors (Lipinski definition) is 5. The van der Waals surface area contributed by atoms with E-state index in [9.17, 15) is 23.1 Å². The van der Waals surface area contributed by atoms with Crippen LogP contribution >= 0.6 is 0 Å². The molecule has 6 nitrogen and oxygen atoms in total. The Morgan fingerprint density at radius 1 is 1.41 bits per heavy atom. The highest BCUT2D eigenvalue weighted by molar-refractivity contribution is 5.79. The molecular formula is C18H23F3N4O2. The fraction of sp³-hybridized carbons (Fsp3) is 0.444. The van der Waals surface area contributed by atoms with Gasteiger partial charge in [0.25, 0.3) is 0 Å². The summed E-state index contributed by atoms with van der Waals surface area (Å²) < 4.78 is 37.7. The topological polar surface area (TPSA) is 105 Å². The van der Waals surface area contributed by atoms with Crippen molar-refractivity contribution in [3.05, 3.63) is 53.6 Å². The van der Waals surface area contributed by atoms with Gasteiger partial charge in [-0.1, -0.05) is 6.07 Å². The molecule has 0 aromatic carbocycles. The SMILES string of the molecule is N/C=C\C=C(/N)C(O)CN(C(=O)Cc1ccc(C(F)(F)F)nc1)C1CCC1. The van der Waals surface area contributed by atoms with Crippen molar-refractivity contribution in [2.45, 2.75) is 44.0 Å². The minimum Gasteiger partial charge on any atom is -0.405 e. The molecule has 0 aliphatic heterocycles. The number of amides is 1. The highest BCUT2D eigenvalue weighted by atomic mass is 19.4. The number of carbonyl (C=O) groups is 1. The molecule has 1 amide bonds. The molecule has 1 aromatic heterocycles. The Hall–Kier alpha value is -2.55. The van der Waals surface area contributed by atoms with E-state index in [2.05, 4.69) is 4.98 Å². The summed E-state index contributed by atoms with van der Waals surface area (Å²) in [7, 11) is 0. The van der Waals surface area contributed by atoms with Crippen LogP contribution in [0.2, 0.25) is 0 Å². The van der Waals surface area contributed by atoms with Crippen molar-refractivity contribution in [3.8, 4) is 0 Å². The number of hydrogen-bond donors (Lipinski definition) is 3. The lowest BCUT2D eigenvalue weighted by Crippen LogP contribution is -2.49. The van der Waals surface area contributed by atoms with Gasteiger partial charge in [0.15, 0.2) is 0 Å². The molecule has 1 aliphatic carbocycles. The van der Waals surface area contributed by atoms with E-state index in [1.165, 1.54) is 24.4 Å². The second kappa shape index (κ2) is 8.90. The van der Waals surface area contributed by atoms with Crippen LogP contribution < -0.4 is 11.5 Å². The van der Waals surface area contributed by atoms with E-state index in [0.29, 0.717) is 5.56 Å². The number of nitrogens with two attached hydrogens (primary N) is 2.